The Balaban J connectivity index is 1.93. The number of guanidine groups is 1. The number of anilines is 1. The number of aliphatic imine (C=N–C) groups is 1. The van der Waals surface area contributed by atoms with E-state index in [0.29, 0.717) is 13.1 Å². The van der Waals surface area contributed by atoms with Crippen LogP contribution in [-0.4, -0.2) is 43.5 Å². The molecule has 0 radical (unpaired) electrons. The predicted octanol–water partition coefficient (Wildman–Crippen LogP) is 3.89. The second kappa shape index (κ2) is 11.7. The standard InChI is InChI=1S/C22H28F2N4O2/c1-4-25-22(26-14-13-17-5-9-19(10-6-17)27-16(2)29)28(3)15-18-7-11-20(12-8-18)30-21(23)24/h5-12,21H,4,13-15H2,1-3H3,(H,25,26)(H,27,29). The van der Waals surface area contributed by atoms with Crippen molar-refractivity contribution in [3.63, 3.8) is 0 Å². The van der Waals surface area contributed by atoms with Crippen molar-refractivity contribution in [2.45, 2.75) is 33.4 Å². The summed E-state index contributed by atoms with van der Waals surface area (Å²) < 4.78 is 28.9. The second-order valence-electron chi connectivity index (χ2n) is 6.74. The van der Waals surface area contributed by atoms with E-state index in [2.05, 4.69) is 20.4 Å². The minimum atomic E-state index is -2.83. The molecule has 0 bridgehead atoms. The molecule has 162 valence electrons. The van der Waals surface area contributed by atoms with Crippen LogP contribution in [0.25, 0.3) is 0 Å². The smallest absolute Gasteiger partial charge is 0.387 e. The number of benzene rings is 2. The van der Waals surface area contributed by atoms with Crippen LogP contribution in [0.2, 0.25) is 0 Å². The summed E-state index contributed by atoms with van der Waals surface area (Å²) in [5.41, 5.74) is 2.85. The summed E-state index contributed by atoms with van der Waals surface area (Å²) in [7, 11) is 1.92. The molecule has 2 aromatic carbocycles. The number of carbonyl (C=O) groups is 1. The highest BCUT2D eigenvalue weighted by Crippen LogP contribution is 2.16. The first-order valence-corrected chi connectivity index (χ1v) is 9.77. The van der Waals surface area contributed by atoms with Crippen LogP contribution in [0.3, 0.4) is 0 Å². The monoisotopic (exact) mass is 418 g/mol. The molecule has 0 fully saturated rings. The van der Waals surface area contributed by atoms with Crippen LogP contribution in [0.1, 0.15) is 25.0 Å². The SMILES string of the molecule is CCNC(=NCCc1ccc(NC(C)=O)cc1)N(C)Cc1ccc(OC(F)F)cc1. The Bertz CT molecular complexity index is 824. The van der Waals surface area contributed by atoms with Crippen LogP contribution >= 0.6 is 0 Å². The first-order chi connectivity index (χ1) is 14.4. The minimum Gasteiger partial charge on any atom is -0.435 e. The van der Waals surface area contributed by atoms with E-state index in [-0.39, 0.29) is 11.7 Å². The summed E-state index contributed by atoms with van der Waals surface area (Å²) in [6.45, 7) is 2.57. The van der Waals surface area contributed by atoms with Crippen LogP contribution in [0.15, 0.2) is 53.5 Å². The average Bonchev–Trinajstić information content (AvgIpc) is 2.69. The molecule has 2 N–H and O–H groups in total. The molecular formula is C22H28F2N4O2. The fourth-order valence-electron chi connectivity index (χ4n) is 2.84. The van der Waals surface area contributed by atoms with Gasteiger partial charge in [0.1, 0.15) is 5.75 Å². The van der Waals surface area contributed by atoms with Gasteiger partial charge in [-0.05, 0) is 48.7 Å². The van der Waals surface area contributed by atoms with Crippen molar-refractivity contribution in [2.75, 3.05) is 25.5 Å². The van der Waals surface area contributed by atoms with Crippen molar-refractivity contribution >= 4 is 17.6 Å². The number of nitrogens with zero attached hydrogens (tertiary/aromatic N) is 2. The Labute approximate surface area is 175 Å². The van der Waals surface area contributed by atoms with Gasteiger partial charge in [0, 0.05) is 39.3 Å². The van der Waals surface area contributed by atoms with Crippen LogP contribution in [0, 0.1) is 0 Å². The second-order valence-corrected chi connectivity index (χ2v) is 6.74. The van der Waals surface area contributed by atoms with Crippen molar-refractivity contribution in [3.8, 4) is 5.75 Å². The number of alkyl halides is 2. The molecule has 2 rings (SSSR count). The summed E-state index contributed by atoms with van der Waals surface area (Å²) >= 11 is 0. The zero-order valence-electron chi connectivity index (χ0n) is 17.5. The lowest BCUT2D eigenvalue weighted by Gasteiger charge is -2.22. The van der Waals surface area contributed by atoms with Gasteiger partial charge in [-0.3, -0.25) is 9.79 Å². The Hall–Kier alpha value is -3.16. The number of hydrogen-bond donors (Lipinski definition) is 2. The average molecular weight is 418 g/mol. The van der Waals surface area contributed by atoms with E-state index in [4.69, 9.17) is 0 Å². The third-order valence-corrected chi connectivity index (χ3v) is 4.20. The topological polar surface area (TPSA) is 66.0 Å². The molecule has 0 aliphatic heterocycles. The third-order valence-electron chi connectivity index (χ3n) is 4.20. The predicted molar refractivity (Wildman–Crippen MR) is 115 cm³/mol. The van der Waals surface area contributed by atoms with E-state index in [1.807, 2.05) is 43.1 Å². The number of carbonyl (C=O) groups excluding carboxylic acids is 1. The van der Waals surface area contributed by atoms with E-state index in [9.17, 15) is 13.6 Å². The lowest BCUT2D eigenvalue weighted by molar-refractivity contribution is -0.114. The number of nitrogens with one attached hydrogen (secondary N) is 2. The van der Waals surface area contributed by atoms with Crippen molar-refractivity contribution in [1.82, 2.24) is 10.2 Å². The van der Waals surface area contributed by atoms with Gasteiger partial charge in [-0.15, -0.1) is 0 Å². The maximum Gasteiger partial charge on any atom is 0.387 e. The third kappa shape index (κ3) is 8.06. The molecule has 8 heteroatoms. The van der Waals surface area contributed by atoms with Gasteiger partial charge >= 0.3 is 6.61 Å². The largest absolute Gasteiger partial charge is 0.435 e. The van der Waals surface area contributed by atoms with Gasteiger partial charge < -0.3 is 20.3 Å². The van der Waals surface area contributed by atoms with E-state index in [1.165, 1.54) is 19.1 Å². The van der Waals surface area contributed by atoms with Crippen LogP contribution in [0.5, 0.6) is 5.75 Å². The molecule has 0 aliphatic rings. The van der Waals surface area contributed by atoms with E-state index < -0.39 is 6.61 Å². The molecule has 6 nitrogen and oxygen atoms in total. The molecule has 0 aromatic heterocycles. The van der Waals surface area contributed by atoms with Gasteiger partial charge in [-0.2, -0.15) is 8.78 Å². The zero-order chi connectivity index (χ0) is 21.9. The van der Waals surface area contributed by atoms with E-state index >= 15 is 0 Å². The highest BCUT2D eigenvalue weighted by Gasteiger charge is 2.08. The quantitative estimate of drug-likeness (QED) is 0.479. The fourth-order valence-corrected chi connectivity index (χ4v) is 2.84. The lowest BCUT2D eigenvalue weighted by Crippen LogP contribution is -2.38. The van der Waals surface area contributed by atoms with Crippen LogP contribution in [-0.2, 0) is 17.8 Å². The van der Waals surface area contributed by atoms with E-state index in [0.717, 1.165) is 35.7 Å². The van der Waals surface area contributed by atoms with Crippen molar-refractivity contribution in [3.05, 3.63) is 59.7 Å². The highest BCUT2D eigenvalue weighted by atomic mass is 19.3. The highest BCUT2D eigenvalue weighted by molar-refractivity contribution is 5.88. The summed E-state index contributed by atoms with van der Waals surface area (Å²) in [5.74, 6) is 0.809. The molecule has 0 unspecified atom stereocenters. The van der Waals surface area contributed by atoms with Gasteiger partial charge in [0.05, 0.1) is 0 Å². The number of rotatable bonds is 9. The number of hydrogen-bond acceptors (Lipinski definition) is 3. The molecule has 0 heterocycles. The molecule has 0 atom stereocenters. The molecule has 0 aliphatic carbocycles. The molecule has 0 saturated heterocycles. The van der Waals surface area contributed by atoms with Crippen LogP contribution < -0.4 is 15.4 Å². The molecule has 1 amide bonds. The minimum absolute atomic E-state index is 0.0955. The van der Waals surface area contributed by atoms with Gasteiger partial charge in [-0.1, -0.05) is 24.3 Å². The summed E-state index contributed by atoms with van der Waals surface area (Å²) in [5, 5.41) is 6.01. The van der Waals surface area contributed by atoms with Gasteiger partial charge in [-0.25, -0.2) is 0 Å². The summed E-state index contributed by atoms with van der Waals surface area (Å²) in [6.07, 6.45) is 0.767. The van der Waals surface area contributed by atoms with Gasteiger partial charge in [0.2, 0.25) is 5.91 Å². The Kier molecular flexibility index (Phi) is 9.05. The lowest BCUT2D eigenvalue weighted by atomic mass is 10.1. The Morgan fingerprint density at radius 3 is 2.30 bits per heavy atom. The number of ether oxygens (including phenoxy) is 1. The maximum atomic E-state index is 12.3. The van der Waals surface area contributed by atoms with Crippen LogP contribution in [0.4, 0.5) is 14.5 Å². The van der Waals surface area contributed by atoms with Crippen molar-refractivity contribution in [2.24, 2.45) is 4.99 Å². The first-order valence-electron chi connectivity index (χ1n) is 9.77. The summed E-state index contributed by atoms with van der Waals surface area (Å²) in [4.78, 5) is 17.7. The zero-order valence-corrected chi connectivity index (χ0v) is 17.5. The number of halogens is 2. The molecule has 30 heavy (non-hydrogen) atoms. The Morgan fingerprint density at radius 1 is 1.10 bits per heavy atom. The molecule has 0 spiro atoms. The van der Waals surface area contributed by atoms with Crippen molar-refractivity contribution in [1.29, 1.82) is 0 Å². The normalized spacial score (nSPS) is 11.3. The molecule has 0 saturated carbocycles. The fraction of sp³-hybridized carbons (Fsp3) is 0.364. The molecular weight excluding hydrogens is 390 g/mol. The number of amides is 1. The van der Waals surface area contributed by atoms with Gasteiger partial charge in [0.25, 0.3) is 0 Å². The van der Waals surface area contributed by atoms with Crippen molar-refractivity contribution < 1.29 is 18.3 Å². The first kappa shape index (κ1) is 23.1. The summed E-state index contributed by atoms with van der Waals surface area (Å²) in [6, 6.07) is 14.3. The van der Waals surface area contributed by atoms with Gasteiger partial charge in [0.15, 0.2) is 5.96 Å². The molecule has 2 aromatic rings. The Morgan fingerprint density at radius 2 is 1.73 bits per heavy atom. The maximum absolute atomic E-state index is 12.3. The van der Waals surface area contributed by atoms with E-state index in [1.54, 1.807) is 12.1 Å².